The minimum atomic E-state index is -0.137. The minimum Gasteiger partial charge on any atom is -0.409 e. The Hall–Kier alpha value is -2.05. The minimum absolute atomic E-state index is 0.137. The van der Waals surface area contributed by atoms with Crippen LogP contribution in [-0.4, -0.2) is 33.3 Å². The van der Waals surface area contributed by atoms with Crippen LogP contribution in [0, 0.1) is 6.92 Å². The Morgan fingerprint density at radius 1 is 1.61 bits per heavy atom. The van der Waals surface area contributed by atoms with E-state index in [-0.39, 0.29) is 11.7 Å². The zero-order chi connectivity index (χ0) is 13.5. The van der Waals surface area contributed by atoms with Crippen molar-refractivity contribution in [3.05, 3.63) is 17.5 Å². The van der Waals surface area contributed by atoms with E-state index >= 15 is 0 Å². The maximum Gasteiger partial charge on any atom is 0.269 e. The van der Waals surface area contributed by atoms with Crippen LogP contribution >= 0.6 is 0 Å². The van der Waals surface area contributed by atoms with Gasteiger partial charge in [0.15, 0.2) is 0 Å². The number of nitrogens with one attached hydrogen (secondary N) is 1. The van der Waals surface area contributed by atoms with E-state index in [4.69, 9.17) is 10.9 Å². The molecule has 18 heavy (non-hydrogen) atoms. The fourth-order valence-corrected chi connectivity index (χ4v) is 1.60. The highest BCUT2D eigenvalue weighted by Gasteiger charge is 2.10. The number of oxime groups is 1. The van der Waals surface area contributed by atoms with E-state index < -0.39 is 0 Å². The van der Waals surface area contributed by atoms with E-state index in [0.29, 0.717) is 18.7 Å². The van der Waals surface area contributed by atoms with E-state index in [2.05, 4.69) is 15.6 Å². The Bertz CT molecular complexity index is 439. The molecule has 100 valence electrons. The molecule has 4 N–H and O–H groups in total. The third-order valence-electron chi connectivity index (χ3n) is 2.51. The number of amidine groups is 1. The molecule has 7 heteroatoms. The van der Waals surface area contributed by atoms with E-state index in [9.17, 15) is 4.79 Å². The highest BCUT2D eigenvalue weighted by molar-refractivity contribution is 5.92. The average Bonchev–Trinajstić information content (AvgIpc) is 2.67. The summed E-state index contributed by atoms with van der Waals surface area (Å²) in [5, 5.41) is 18.1. The number of aromatic nitrogens is 2. The van der Waals surface area contributed by atoms with Gasteiger partial charge in [0.2, 0.25) is 0 Å². The largest absolute Gasteiger partial charge is 0.409 e. The Morgan fingerprint density at radius 2 is 2.33 bits per heavy atom. The van der Waals surface area contributed by atoms with Crippen LogP contribution < -0.4 is 11.1 Å². The molecule has 0 aromatic carbocycles. The second-order valence-corrected chi connectivity index (χ2v) is 4.10. The molecular formula is C11H19N5O2. The van der Waals surface area contributed by atoms with Crippen LogP contribution in [0.4, 0.5) is 0 Å². The summed E-state index contributed by atoms with van der Waals surface area (Å²) in [5.41, 5.74) is 6.69. The first-order chi connectivity index (χ1) is 8.54. The van der Waals surface area contributed by atoms with Crippen LogP contribution in [0.15, 0.2) is 11.2 Å². The first kappa shape index (κ1) is 14.0. The number of carbonyl (C=O) groups is 1. The molecular weight excluding hydrogens is 234 g/mol. The third kappa shape index (κ3) is 4.08. The van der Waals surface area contributed by atoms with Gasteiger partial charge in [-0.3, -0.25) is 9.48 Å². The van der Waals surface area contributed by atoms with Crippen molar-refractivity contribution in [3.63, 3.8) is 0 Å². The summed E-state index contributed by atoms with van der Waals surface area (Å²) >= 11 is 0. The van der Waals surface area contributed by atoms with Crippen molar-refractivity contribution in [1.82, 2.24) is 15.1 Å². The number of carbonyl (C=O) groups excluding carboxylic acids is 1. The number of nitrogens with two attached hydrogens (primary N) is 1. The second-order valence-electron chi connectivity index (χ2n) is 4.10. The van der Waals surface area contributed by atoms with Crippen LogP contribution in [0.3, 0.4) is 0 Å². The van der Waals surface area contributed by atoms with Crippen LogP contribution in [0.2, 0.25) is 0 Å². The van der Waals surface area contributed by atoms with Crippen LogP contribution in [-0.2, 0) is 7.05 Å². The van der Waals surface area contributed by atoms with Gasteiger partial charge in [0.25, 0.3) is 5.91 Å². The van der Waals surface area contributed by atoms with Gasteiger partial charge in [-0.1, -0.05) is 5.16 Å². The number of unbranched alkanes of at least 4 members (excludes halogenated alkanes) is 1. The van der Waals surface area contributed by atoms with Crippen molar-refractivity contribution >= 4 is 11.7 Å². The van der Waals surface area contributed by atoms with Crippen molar-refractivity contribution in [2.45, 2.75) is 26.2 Å². The van der Waals surface area contributed by atoms with Gasteiger partial charge in [-0.05, 0) is 25.8 Å². The first-order valence-corrected chi connectivity index (χ1v) is 5.80. The lowest BCUT2D eigenvalue weighted by Crippen LogP contribution is -2.26. The summed E-state index contributed by atoms with van der Waals surface area (Å²) in [5.74, 6) is 0.0745. The third-order valence-corrected chi connectivity index (χ3v) is 2.51. The van der Waals surface area contributed by atoms with Gasteiger partial charge in [0.05, 0.1) is 5.69 Å². The van der Waals surface area contributed by atoms with Gasteiger partial charge < -0.3 is 16.3 Å². The number of hydrogen-bond acceptors (Lipinski definition) is 4. The fraction of sp³-hybridized carbons (Fsp3) is 0.545. The van der Waals surface area contributed by atoms with Crippen molar-refractivity contribution in [1.29, 1.82) is 0 Å². The summed E-state index contributed by atoms with van der Waals surface area (Å²) in [6.45, 7) is 2.40. The van der Waals surface area contributed by atoms with Crippen molar-refractivity contribution in [3.8, 4) is 0 Å². The number of nitrogens with zero attached hydrogens (tertiary/aromatic N) is 3. The number of hydrogen-bond donors (Lipinski definition) is 3. The molecule has 0 aliphatic carbocycles. The van der Waals surface area contributed by atoms with Gasteiger partial charge in [0, 0.05) is 20.0 Å². The molecule has 0 saturated heterocycles. The molecule has 1 heterocycles. The topological polar surface area (TPSA) is 106 Å². The molecule has 7 nitrogen and oxygen atoms in total. The molecule has 0 aliphatic rings. The predicted molar refractivity (Wildman–Crippen MR) is 67.5 cm³/mol. The van der Waals surface area contributed by atoms with E-state index in [1.54, 1.807) is 17.8 Å². The van der Waals surface area contributed by atoms with Crippen molar-refractivity contribution in [2.75, 3.05) is 6.54 Å². The standard InChI is InChI=1S/C11H19N5O2/c1-8-7-9(16(2)14-8)11(17)13-6-4-3-5-10(12)15-18/h7,18H,3-6H2,1-2H3,(H2,12,15)(H,13,17). The van der Waals surface area contributed by atoms with Gasteiger partial charge >= 0.3 is 0 Å². The Labute approximate surface area is 106 Å². The Kier molecular flexibility index (Phi) is 5.16. The molecule has 0 radical (unpaired) electrons. The molecule has 1 rings (SSSR count). The van der Waals surface area contributed by atoms with Gasteiger partial charge in [-0.25, -0.2) is 0 Å². The molecule has 0 bridgehead atoms. The summed E-state index contributed by atoms with van der Waals surface area (Å²) in [4.78, 5) is 11.8. The fourth-order valence-electron chi connectivity index (χ4n) is 1.60. The summed E-state index contributed by atoms with van der Waals surface area (Å²) in [6.07, 6.45) is 2.07. The highest BCUT2D eigenvalue weighted by atomic mass is 16.4. The first-order valence-electron chi connectivity index (χ1n) is 5.80. The van der Waals surface area contributed by atoms with E-state index in [1.165, 1.54) is 0 Å². The van der Waals surface area contributed by atoms with Crippen LogP contribution in [0.5, 0.6) is 0 Å². The maximum absolute atomic E-state index is 11.8. The van der Waals surface area contributed by atoms with E-state index in [0.717, 1.165) is 18.5 Å². The SMILES string of the molecule is Cc1cc(C(=O)NCCCCC(N)=NO)n(C)n1. The second kappa shape index (κ2) is 6.63. The predicted octanol–water partition coefficient (Wildman–Crippen LogP) is 0.375. The average molecular weight is 253 g/mol. The molecule has 1 aromatic heterocycles. The summed E-state index contributed by atoms with van der Waals surface area (Å²) in [7, 11) is 1.74. The van der Waals surface area contributed by atoms with E-state index in [1.807, 2.05) is 6.92 Å². The molecule has 1 amide bonds. The quantitative estimate of drug-likeness (QED) is 0.224. The van der Waals surface area contributed by atoms with Gasteiger partial charge in [0.1, 0.15) is 11.5 Å². The molecule has 1 aromatic rings. The zero-order valence-electron chi connectivity index (χ0n) is 10.7. The molecule has 0 atom stereocenters. The molecule has 0 aliphatic heterocycles. The Morgan fingerprint density at radius 3 is 2.89 bits per heavy atom. The molecule has 0 fully saturated rings. The lowest BCUT2D eigenvalue weighted by Gasteiger charge is -2.04. The van der Waals surface area contributed by atoms with Gasteiger partial charge in [-0.2, -0.15) is 5.10 Å². The normalized spacial score (nSPS) is 11.6. The zero-order valence-corrected chi connectivity index (χ0v) is 10.7. The number of aryl methyl sites for hydroxylation is 2. The summed E-state index contributed by atoms with van der Waals surface area (Å²) in [6, 6.07) is 1.74. The molecule has 0 unspecified atom stereocenters. The smallest absolute Gasteiger partial charge is 0.269 e. The van der Waals surface area contributed by atoms with Crippen LogP contribution in [0.1, 0.15) is 35.4 Å². The lowest BCUT2D eigenvalue weighted by atomic mass is 10.2. The molecule has 0 saturated carbocycles. The summed E-state index contributed by atoms with van der Waals surface area (Å²) < 4.78 is 1.56. The number of rotatable bonds is 6. The van der Waals surface area contributed by atoms with Crippen LogP contribution in [0.25, 0.3) is 0 Å². The molecule has 0 spiro atoms. The number of amides is 1. The van der Waals surface area contributed by atoms with Gasteiger partial charge in [-0.15, -0.1) is 0 Å². The monoisotopic (exact) mass is 253 g/mol. The Balaban J connectivity index is 2.28. The highest BCUT2D eigenvalue weighted by Crippen LogP contribution is 2.01. The van der Waals surface area contributed by atoms with Crippen molar-refractivity contribution < 1.29 is 10.0 Å². The maximum atomic E-state index is 11.8. The lowest BCUT2D eigenvalue weighted by molar-refractivity contribution is 0.0943. The van der Waals surface area contributed by atoms with Crippen molar-refractivity contribution in [2.24, 2.45) is 17.9 Å².